The molecule has 15 rings (SSSR count). The summed E-state index contributed by atoms with van der Waals surface area (Å²) in [5, 5.41) is 11.3. The van der Waals surface area contributed by atoms with Gasteiger partial charge in [-0.1, -0.05) is 103 Å². The molecule has 0 N–H and O–H groups in total. The summed E-state index contributed by atoms with van der Waals surface area (Å²) in [6.07, 6.45) is 13.6. The Morgan fingerprint density at radius 3 is 1.44 bits per heavy atom. The van der Waals surface area contributed by atoms with Gasteiger partial charge in [0, 0.05) is 102 Å². The molecule has 7 aromatic heterocycles. The van der Waals surface area contributed by atoms with Crippen molar-refractivity contribution in [1.82, 2.24) is 56.1 Å². The smallest absolute Gasteiger partial charge is 0.302 e. The number of halogens is 3. The number of aryl methyl sites for hydroxylation is 1. The number of pyridine rings is 1. The maximum absolute atomic E-state index is 13.8. The Morgan fingerprint density at radius 1 is 0.485 bits per heavy atom. The highest BCUT2D eigenvalue weighted by Gasteiger charge is 2.35. The van der Waals surface area contributed by atoms with Gasteiger partial charge >= 0.3 is 6.18 Å². The van der Waals surface area contributed by atoms with Gasteiger partial charge in [0.2, 0.25) is 0 Å². The topological polar surface area (TPSA) is 188 Å². The molecule has 3 aliphatic heterocycles. The molecule has 0 fully saturated rings. The Labute approximate surface area is 564 Å². The fourth-order valence-electron chi connectivity index (χ4n) is 12.5. The molecule has 3 aliphatic rings. The summed E-state index contributed by atoms with van der Waals surface area (Å²) in [5.74, 6) is 0. The molecule has 0 amide bonds. The first-order valence-electron chi connectivity index (χ1n) is 31.4. The summed E-state index contributed by atoms with van der Waals surface area (Å²) < 4.78 is 130. The SMILES string of the molecule is Cc1c(S(=O)(=O)n2cc(C3=CCN(C)CC3)c3ccccc32)cnn1-c1ccccc1.Cc1c(S(=O)(=O)n2cc(C3=CCN(C)CC3)c3cccnc32)cnn1-c1ccccc1.Cc1nc(-c2ccccc2)sc1S(=O)(=O)n1cc(C2=CCN(C)CC2)c2cc(C(F)(F)F)ccc21. The molecular weight excluding hydrogens is 1310 g/mol. The predicted molar refractivity (Wildman–Crippen MR) is 376 cm³/mol. The van der Waals surface area contributed by atoms with Gasteiger partial charge in [0.1, 0.15) is 14.8 Å². The van der Waals surface area contributed by atoms with Gasteiger partial charge in [-0.15, -0.1) is 11.3 Å². The molecule has 25 heteroatoms. The zero-order valence-electron chi connectivity index (χ0n) is 54.0. The first-order chi connectivity index (χ1) is 46.5. The van der Waals surface area contributed by atoms with Crippen LogP contribution in [-0.4, -0.2) is 142 Å². The van der Waals surface area contributed by atoms with E-state index in [1.54, 1.807) is 48.7 Å². The number of thiazole rings is 1. The molecule has 97 heavy (non-hydrogen) atoms. The second kappa shape index (κ2) is 26.6. The lowest BCUT2D eigenvalue weighted by Gasteiger charge is -2.21. The molecule has 0 bridgehead atoms. The van der Waals surface area contributed by atoms with E-state index in [4.69, 9.17) is 0 Å². The van der Waals surface area contributed by atoms with Gasteiger partial charge in [-0.25, -0.2) is 48.1 Å². The van der Waals surface area contributed by atoms with E-state index in [0.717, 1.165) is 123 Å². The lowest BCUT2D eigenvalue weighted by atomic mass is 9.98. The van der Waals surface area contributed by atoms with Crippen molar-refractivity contribution in [2.45, 2.75) is 60.2 Å². The monoisotopic (exact) mass is 1380 g/mol. The Hall–Kier alpha value is -9.34. The van der Waals surface area contributed by atoms with Crippen molar-refractivity contribution in [3.8, 4) is 21.9 Å². The van der Waals surface area contributed by atoms with Crippen LogP contribution >= 0.6 is 11.3 Å². The van der Waals surface area contributed by atoms with Crippen LogP contribution < -0.4 is 0 Å². The molecule has 10 heterocycles. The van der Waals surface area contributed by atoms with Gasteiger partial charge in [0.15, 0.2) is 9.86 Å². The van der Waals surface area contributed by atoms with E-state index in [1.165, 1.54) is 38.2 Å². The van der Waals surface area contributed by atoms with Gasteiger partial charge in [-0.3, -0.25) is 0 Å². The van der Waals surface area contributed by atoms with Crippen LogP contribution in [0.1, 0.15) is 58.6 Å². The van der Waals surface area contributed by atoms with Gasteiger partial charge in [0.25, 0.3) is 30.1 Å². The number of nitrogens with zero attached hydrogens (tertiary/aromatic N) is 12. The largest absolute Gasteiger partial charge is 0.416 e. The van der Waals surface area contributed by atoms with Crippen molar-refractivity contribution >= 4 is 91.0 Å². The molecule has 0 saturated heterocycles. The van der Waals surface area contributed by atoms with E-state index in [2.05, 4.69) is 61.1 Å². The van der Waals surface area contributed by atoms with Crippen molar-refractivity contribution in [3.05, 3.63) is 240 Å². The summed E-state index contributed by atoms with van der Waals surface area (Å²) in [7, 11) is -5.67. The van der Waals surface area contributed by atoms with E-state index in [-0.39, 0.29) is 24.9 Å². The average Bonchev–Trinajstić information content (AvgIpc) is 1.61. The quantitative estimate of drug-likeness (QED) is 0.112. The normalized spacial score (nSPS) is 15.4. The zero-order valence-corrected chi connectivity index (χ0v) is 57.3. The second-order valence-electron chi connectivity index (χ2n) is 24.3. The molecule has 0 aliphatic carbocycles. The van der Waals surface area contributed by atoms with Gasteiger partial charge < -0.3 is 14.7 Å². The van der Waals surface area contributed by atoms with Gasteiger partial charge in [-0.05, 0) is 139 Å². The van der Waals surface area contributed by atoms with Crippen LogP contribution in [0.2, 0.25) is 0 Å². The fraction of sp³-hybridized carbons (Fsp3) is 0.222. The Kier molecular flexibility index (Phi) is 18.2. The number of benzene rings is 5. The van der Waals surface area contributed by atoms with E-state index < -0.39 is 41.8 Å². The van der Waals surface area contributed by atoms with Crippen LogP contribution in [-0.2, 0) is 36.2 Å². The summed E-state index contributed by atoms with van der Waals surface area (Å²) >= 11 is 1.05. The first kappa shape index (κ1) is 66.3. The molecule has 498 valence electrons. The van der Waals surface area contributed by atoms with E-state index in [9.17, 15) is 38.4 Å². The van der Waals surface area contributed by atoms with Crippen molar-refractivity contribution in [2.75, 3.05) is 60.4 Å². The predicted octanol–water partition coefficient (Wildman–Crippen LogP) is 13.6. The van der Waals surface area contributed by atoms with Crippen molar-refractivity contribution < 1.29 is 38.4 Å². The van der Waals surface area contributed by atoms with Gasteiger partial charge in [-0.2, -0.15) is 31.8 Å². The maximum atomic E-state index is 13.8. The Morgan fingerprint density at radius 2 is 0.928 bits per heavy atom. The minimum atomic E-state index is -4.54. The van der Waals surface area contributed by atoms with Crippen molar-refractivity contribution in [1.29, 1.82) is 0 Å². The third-order valence-corrected chi connectivity index (χ3v) is 24.9. The third kappa shape index (κ3) is 12.9. The molecule has 0 unspecified atom stereocenters. The number of aromatic nitrogens is 9. The molecule has 12 aromatic rings. The highest BCUT2D eigenvalue weighted by atomic mass is 32.2. The molecular formula is C72H69F3N12O6S4. The number of rotatable bonds is 12. The highest BCUT2D eigenvalue weighted by molar-refractivity contribution is 7.92. The molecule has 0 saturated carbocycles. The summed E-state index contributed by atoms with van der Waals surface area (Å²) in [6, 6.07) is 43.0. The van der Waals surface area contributed by atoms with Crippen LogP contribution in [0.3, 0.4) is 0 Å². The summed E-state index contributed by atoms with van der Waals surface area (Å²) in [4.78, 5) is 15.8. The standard InChI is InChI=1S/C25H22F3N3O2S2.C24H24N4O2S.C23H23N5O2S/c1-16-24(34-23(29-16)18-6-4-3-5-7-18)35(32,33)31-15-21(17-10-12-30(2)13-11-17)20-14-19(25(26,27)28)8-9-22(20)31;1-18-24(16-25-28(18)20-8-4-3-5-9-20)31(29,30)27-17-22(19-12-14-26(2)15-13-19)21-10-6-7-11-23(21)27;1-17-22(15-25-28(17)19-7-4-3-5-8-19)31(29,30)27-16-21(18-10-13-26(2)14-11-18)20-9-6-12-24-23(20)27/h3-10,14-15H,11-13H2,1-2H3;3-12,16-17H,13-15H2,1-2H3;3-10,12,15-16H,11,13-14H2,1-2H3. The zero-order chi connectivity index (χ0) is 68.1. The van der Waals surface area contributed by atoms with Crippen LogP contribution in [0.15, 0.2) is 215 Å². The van der Waals surface area contributed by atoms with Gasteiger partial charge in [0.05, 0.1) is 57.4 Å². The number of hydrogen-bond acceptors (Lipinski definition) is 14. The van der Waals surface area contributed by atoms with Crippen LogP contribution in [0, 0.1) is 20.8 Å². The molecule has 0 atom stereocenters. The third-order valence-electron chi connectivity index (χ3n) is 17.9. The number of likely N-dealkylation sites (N-methyl/N-ethyl adjacent to an activating group) is 3. The Bertz CT molecular complexity index is 5200. The minimum Gasteiger partial charge on any atom is -0.302 e. The van der Waals surface area contributed by atoms with Crippen LogP contribution in [0.5, 0.6) is 0 Å². The molecule has 18 nitrogen and oxygen atoms in total. The first-order valence-corrected chi connectivity index (χ1v) is 36.5. The lowest BCUT2D eigenvalue weighted by molar-refractivity contribution is -0.137. The maximum Gasteiger partial charge on any atom is 0.416 e. The van der Waals surface area contributed by atoms with Crippen LogP contribution in [0.25, 0.3) is 71.5 Å². The average molecular weight is 1380 g/mol. The van der Waals surface area contributed by atoms with E-state index >= 15 is 0 Å². The number of fused-ring (bicyclic) bond motifs is 3. The van der Waals surface area contributed by atoms with Crippen LogP contribution in [0.4, 0.5) is 13.2 Å². The van der Waals surface area contributed by atoms with E-state index in [0.29, 0.717) is 51.8 Å². The van der Waals surface area contributed by atoms with Crippen molar-refractivity contribution in [2.24, 2.45) is 0 Å². The van der Waals surface area contributed by atoms with E-state index in [1.807, 2.05) is 141 Å². The van der Waals surface area contributed by atoms with Crippen molar-refractivity contribution in [3.63, 3.8) is 0 Å². The fourth-order valence-corrected chi connectivity index (χ4v) is 18.5. The molecule has 0 spiro atoms. The Balaban J connectivity index is 0.000000132. The second-order valence-corrected chi connectivity index (χ2v) is 30.9. The summed E-state index contributed by atoms with van der Waals surface area (Å²) in [5.41, 5.74) is 10.1. The number of alkyl halides is 3. The summed E-state index contributed by atoms with van der Waals surface area (Å²) in [6.45, 7) is 10.2. The minimum absolute atomic E-state index is 0.0667. The molecule has 5 aromatic carbocycles. The number of hydrogen-bond donors (Lipinski definition) is 0. The lowest BCUT2D eigenvalue weighted by Crippen LogP contribution is -2.23. The highest BCUT2D eigenvalue weighted by Crippen LogP contribution is 2.41. The molecule has 0 radical (unpaired) electrons. The number of para-hydroxylation sites is 3.